The predicted octanol–water partition coefficient (Wildman–Crippen LogP) is 5.20. The van der Waals surface area contributed by atoms with E-state index in [4.69, 9.17) is 9.47 Å². The molecular weight excluding hydrogens is 390 g/mol. The Kier molecular flexibility index (Phi) is 6.64. The van der Waals surface area contributed by atoms with E-state index in [9.17, 15) is 9.59 Å². The SMILES string of the molecule is Cc1cc(C(=O)COC(=O)COc2ccc(C(C)(C)C)cc2)c(C)n1-c1ccccc1. The second-order valence-corrected chi connectivity index (χ2v) is 8.60. The normalized spacial score (nSPS) is 11.3. The molecule has 0 amide bonds. The Morgan fingerprint density at radius 2 is 1.55 bits per heavy atom. The fourth-order valence-corrected chi connectivity index (χ4v) is 3.48. The van der Waals surface area contributed by atoms with Gasteiger partial charge in [-0.2, -0.15) is 0 Å². The van der Waals surface area contributed by atoms with Gasteiger partial charge in [0.05, 0.1) is 0 Å². The molecule has 1 heterocycles. The number of rotatable bonds is 7. The van der Waals surface area contributed by atoms with Crippen molar-refractivity contribution in [3.63, 3.8) is 0 Å². The highest BCUT2D eigenvalue weighted by atomic mass is 16.6. The molecule has 0 unspecified atom stereocenters. The average Bonchev–Trinajstić information content (AvgIpc) is 3.04. The number of aromatic nitrogens is 1. The summed E-state index contributed by atoms with van der Waals surface area (Å²) in [5.74, 6) is -0.231. The summed E-state index contributed by atoms with van der Waals surface area (Å²) in [5, 5.41) is 0. The van der Waals surface area contributed by atoms with Crippen LogP contribution in [0, 0.1) is 13.8 Å². The molecule has 2 aromatic carbocycles. The summed E-state index contributed by atoms with van der Waals surface area (Å²) >= 11 is 0. The lowest BCUT2D eigenvalue weighted by molar-refractivity contribution is -0.144. The van der Waals surface area contributed by atoms with Crippen molar-refractivity contribution in [2.75, 3.05) is 13.2 Å². The molecule has 5 heteroatoms. The minimum absolute atomic E-state index is 0.0494. The van der Waals surface area contributed by atoms with Gasteiger partial charge in [-0.15, -0.1) is 0 Å². The van der Waals surface area contributed by atoms with Gasteiger partial charge in [0.15, 0.2) is 13.2 Å². The maximum atomic E-state index is 12.6. The van der Waals surface area contributed by atoms with Gasteiger partial charge < -0.3 is 14.0 Å². The molecule has 3 aromatic rings. The topological polar surface area (TPSA) is 57.5 Å². The molecule has 0 N–H and O–H groups in total. The van der Waals surface area contributed by atoms with Crippen LogP contribution in [0.5, 0.6) is 5.75 Å². The highest BCUT2D eigenvalue weighted by Gasteiger charge is 2.18. The third-order valence-corrected chi connectivity index (χ3v) is 5.19. The van der Waals surface area contributed by atoms with Crippen molar-refractivity contribution < 1.29 is 19.1 Å². The van der Waals surface area contributed by atoms with Crippen molar-refractivity contribution in [2.24, 2.45) is 0 Å². The van der Waals surface area contributed by atoms with Gasteiger partial charge in [-0.3, -0.25) is 4.79 Å². The van der Waals surface area contributed by atoms with Gasteiger partial charge in [0, 0.05) is 22.6 Å². The van der Waals surface area contributed by atoms with Gasteiger partial charge in [0.25, 0.3) is 0 Å². The third-order valence-electron chi connectivity index (χ3n) is 5.19. The molecule has 1 aromatic heterocycles. The number of aryl methyl sites for hydroxylation is 1. The number of ketones is 1. The molecule has 0 spiro atoms. The van der Waals surface area contributed by atoms with Crippen LogP contribution in [0.15, 0.2) is 60.7 Å². The summed E-state index contributed by atoms with van der Waals surface area (Å²) in [6.07, 6.45) is 0. The van der Waals surface area contributed by atoms with Crippen LogP contribution in [0.1, 0.15) is 48.1 Å². The Bertz CT molecular complexity index is 1060. The molecule has 3 rings (SSSR count). The average molecular weight is 420 g/mol. The van der Waals surface area contributed by atoms with Gasteiger partial charge in [-0.05, 0) is 55.2 Å². The van der Waals surface area contributed by atoms with Crippen molar-refractivity contribution in [3.05, 3.63) is 83.2 Å². The summed E-state index contributed by atoms with van der Waals surface area (Å²) in [5.41, 5.74) is 4.53. The lowest BCUT2D eigenvalue weighted by atomic mass is 9.87. The number of hydrogen-bond donors (Lipinski definition) is 0. The largest absolute Gasteiger partial charge is 0.482 e. The smallest absolute Gasteiger partial charge is 0.344 e. The van der Waals surface area contributed by atoms with E-state index in [0.717, 1.165) is 17.1 Å². The van der Waals surface area contributed by atoms with E-state index < -0.39 is 5.97 Å². The maximum Gasteiger partial charge on any atom is 0.344 e. The van der Waals surface area contributed by atoms with E-state index in [-0.39, 0.29) is 24.4 Å². The Hall–Kier alpha value is -3.34. The minimum atomic E-state index is -0.579. The van der Waals surface area contributed by atoms with E-state index in [2.05, 4.69) is 20.8 Å². The highest BCUT2D eigenvalue weighted by molar-refractivity contribution is 5.99. The van der Waals surface area contributed by atoms with E-state index >= 15 is 0 Å². The standard InChI is InChI=1S/C26H29NO4/c1-18-15-23(19(2)27(18)21-9-7-6-8-10-21)24(28)16-31-25(29)17-30-22-13-11-20(12-14-22)26(3,4)5/h6-15H,16-17H2,1-5H3. The fraction of sp³-hybridized carbons (Fsp3) is 0.308. The minimum Gasteiger partial charge on any atom is -0.482 e. The van der Waals surface area contributed by atoms with Crippen LogP contribution < -0.4 is 4.74 Å². The number of ether oxygens (including phenoxy) is 2. The van der Waals surface area contributed by atoms with Crippen molar-refractivity contribution in [2.45, 2.75) is 40.0 Å². The molecule has 0 saturated heterocycles. The van der Waals surface area contributed by atoms with Crippen LogP contribution in [-0.4, -0.2) is 29.5 Å². The molecule has 0 radical (unpaired) electrons. The summed E-state index contributed by atoms with van der Waals surface area (Å²) in [6.45, 7) is 9.67. The quantitative estimate of drug-likeness (QED) is 0.390. The molecule has 0 bridgehead atoms. The molecule has 5 nitrogen and oxygen atoms in total. The lowest BCUT2D eigenvalue weighted by Gasteiger charge is -2.19. The number of carbonyl (C=O) groups is 2. The molecule has 0 aliphatic rings. The number of Topliss-reactive ketones (excluding diaryl/α,β-unsaturated/α-hetero) is 1. The van der Waals surface area contributed by atoms with Crippen LogP contribution in [0.3, 0.4) is 0 Å². The summed E-state index contributed by atoms with van der Waals surface area (Å²) in [6, 6.07) is 19.3. The molecule has 0 aliphatic carbocycles. The molecule has 162 valence electrons. The Morgan fingerprint density at radius 1 is 0.903 bits per heavy atom. The summed E-state index contributed by atoms with van der Waals surface area (Å²) in [4.78, 5) is 24.7. The maximum absolute atomic E-state index is 12.6. The summed E-state index contributed by atoms with van der Waals surface area (Å²) in [7, 11) is 0. The zero-order valence-corrected chi connectivity index (χ0v) is 18.8. The number of esters is 1. The zero-order chi connectivity index (χ0) is 22.6. The second-order valence-electron chi connectivity index (χ2n) is 8.60. The third kappa shape index (κ3) is 5.43. The first-order valence-electron chi connectivity index (χ1n) is 10.3. The first kappa shape index (κ1) is 22.3. The first-order valence-corrected chi connectivity index (χ1v) is 10.3. The second kappa shape index (κ2) is 9.21. The van der Waals surface area contributed by atoms with Gasteiger partial charge in [-0.1, -0.05) is 51.1 Å². The van der Waals surface area contributed by atoms with Crippen LogP contribution in [0.2, 0.25) is 0 Å². The summed E-state index contributed by atoms with van der Waals surface area (Å²) < 4.78 is 12.6. The predicted molar refractivity (Wildman–Crippen MR) is 121 cm³/mol. The molecule has 0 fully saturated rings. The van der Waals surface area contributed by atoms with E-state index in [1.165, 1.54) is 5.56 Å². The molecule has 0 atom stereocenters. The van der Waals surface area contributed by atoms with E-state index in [0.29, 0.717) is 11.3 Å². The van der Waals surface area contributed by atoms with E-state index in [1.54, 1.807) is 0 Å². The molecule has 0 aliphatic heterocycles. The fourth-order valence-electron chi connectivity index (χ4n) is 3.48. The molecular formula is C26H29NO4. The Morgan fingerprint density at radius 3 is 2.16 bits per heavy atom. The Balaban J connectivity index is 1.56. The van der Waals surface area contributed by atoms with Gasteiger partial charge in [0.2, 0.25) is 5.78 Å². The zero-order valence-electron chi connectivity index (χ0n) is 18.8. The van der Waals surface area contributed by atoms with E-state index in [1.807, 2.05) is 79.1 Å². The van der Waals surface area contributed by atoms with Crippen molar-refractivity contribution in [1.29, 1.82) is 0 Å². The van der Waals surface area contributed by atoms with Gasteiger partial charge in [0.1, 0.15) is 5.75 Å². The van der Waals surface area contributed by atoms with Gasteiger partial charge in [-0.25, -0.2) is 4.79 Å². The van der Waals surface area contributed by atoms with Crippen molar-refractivity contribution in [1.82, 2.24) is 4.57 Å². The van der Waals surface area contributed by atoms with Gasteiger partial charge >= 0.3 is 5.97 Å². The number of hydrogen-bond acceptors (Lipinski definition) is 4. The highest BCUT2D eigenvalue weighted by Crippen LogP contribution is 2.24. The number of carbonyl (C=O) groups excluding carboxylic acids is 2. The van der Waals surface area contributed by atoms with Crippen molar-refractivity contribution >= 4 is 11.8 Å². The molecule has 0 saturated carbocycles. The number of benzene rings is 2. The first-order chi connectivity index (χ1) is 14.7. The monoisotopic (exact) mass is 419 g/mol. The van der Waals surface area contributed by atoms with Crippen LogP contribution in [-0.2, 0) is 14.9 Å². The number of para-hydroxylation sites is 1. The number of nitrogens with zero attached hydrogens (tertiary/aromatic N) is 1. The Labute approximate surface area is 183 Å². The van der Waals surface area contributed by atoms with Crippen molar-refractivity contribution in [3.8, 4) is 11.4 Å². The van der Waals surface area contributed by atoms with Crippen LogP contribution in [0.4, 0.5) is 0 Å². The molecule has 31 heavy (non-hydrogen) atoms. The van der Waals surface area contributed by atoms with Crippen LogP contribution >= 0.6 is 0 Å². The lowest BCUT2D eigenvalue weighted by Crippen LogP contribution is -2.20. The van der Waals surface area contributed by atoms with Crippen LogP contribution in [0.25, 0.3) is 5.69 Å².